The summed E-state index contributed by atoms with van der Waals surface area (Å²) >= 11 is 0. The Hall–Kier alpha value is -1.11. The highest BCUT2D eigenvalue weighted by Gasteiger charge is 2.67. The number of piperidine rings is 1. The van der Waals surface area contributed by atoms with E-state index in [0.29, 0.717) is 13.1 Å². The lowest BCUT2D eigenvalue weighted by Crippen LogP contribution is -2.39. The van der Waals surface area contributed by atoms with Crippen molar-refractivity contribution in [1.82, 2.24) is 20.6 Å². The SMILES string of the molecule is CCCCc1nc(C)cc(NCCNC(=O)C2(C)CC23CCNCC3)n1.Cl.Cl. The molecule has 1 aliphatic heterocycles. The van der Waals surface area contributed by atoms with E-state index in [-0.39, 0.29) is 41.6 Å². The smallest absolute Gasteiger partial charge is 0.226 e. The number of hydrogen-bond donors (Lipinski definition) is 3. The van der Waals surface area contributed by atoms with Gasteiger partial charge in [-0.05, 0) is 51.1 Å². The number of carbonyl (C=O) groups is 1. The molecule has 1 saturated carbocycles. The number of aryl methyl sites for hydroxylation is 2. The van der Waals surface area contributed by atoms with Gasteiger partial charge in [-0.1, -0.05) is 20.3 Å². The normalized spacial score (nSPS) is 22.0. The summed E-state index contributed by atoms with van der Waals surface area (Å²) in [5, 5.41) is 9.85. The number of aromatic nitrogens is 2. The fraction of sp³-hybridized carbons (Fsp3) is 0.750. The van der Waals surface area contributed by atoms with E-state index >= 15 is 0 Å². The van der Waals surface area contributed by atoms with E-state index in [1.807, 2.05) is 13.0 Å². The molecule has 1 unspecified atom stereocenters. The highest BCUT2D eigenvalue weighted by molar-refractivity contribution is 5.86. The first-order chi connectivity index (χ1) is 12.5. The predicted octanol–water partition coefficient (Wildman–Crippen LogP) is 3.28. The number of amides is 1. The third kappa shape index (κ3) is 5.49. The molecule has 2 heterocycles. The molecule has 3 rings (SSSR count). The van der Waals surface area contributed by atoms with Gasteiger partial charge in [-0.3, -0.25) is 4.79 Å². The third-order valence-electron chi connectivity index (χ3n) is 6.17. The van der Waals surface area contributed by atoms with Gasteiger partial charge in [-0.15, -0.1) is 24.8 Å². The van der Waals surface area contributed by atoms with Gasteiger partial charge in [0.05, 0.1) is 5.41 Å². The van der Waals surface area contributed by atoms with Crippen LogP contribution in [0.25, 0.3) is 0 Å². The van der Waals surface area contributed by atoms with Gasteiger partial charge in [-0.2, -0.15) is 0 Å². The molecule has 0 radical (unpaired) electrons. The summed E-state index contributed by atoms with van der Waals surface area (Å²) in [6.45, 7) is 9.68. The summed E-state index contributed by atoms with van der Waals surface area (Å²) in [5.74, 6) is 1.96. The summed E-state index contributed by atoms with van der Waals surface area (Å²) in [4.78, 5) is 21.7. The van der Waals surface area contributed by atoms with Crippen LogP contribution in [0.2, 0.25) is 0 Å². The zero-order valence-electron chi connectivity index (χ0n) is 17.3. The van der Waals surface area contributed by atoms with Crippen molar-refractivity contribution >= 4 is 36.5 Å². The fourth-order valence-corrected chi connectivity index (χ4v) is 4.32. The summed E-state index contributed by atoms with van der Waals surface area (Å²) < 4.78 is 0. The third-order valence-corrected chi connectivity index (χ3v) is 6.17. The van der Waals surface area contributed by atoms with Gasteiger partial charge in [0, 0.05) is 31.3 Å². The van der Waals surface area contributed by atoms with Crippen LogP contribution in [0.1, 0.15) is 57.5 Å². The molecule has 1 atom stereocenters. The largest absolute Gasteiger partial charge is 0.368 e. The van der Waals surface area contributed by atoms with E-state index in [1.54, 1.807) is 0 Å². The lowest BCUT2D eigenvalue weighted by molar-refractivity contribution is -0.127. The number of rotatable bonds is 8. The predicted molar refractivity (Wildman–Crippen MR) is 119 cm³/mol. The van der Waals surface area contributed by atoms with E-state index in [1.165, 1.54) is 0 Å². The maximum atomic E-state index is 12.7. The Morgan fingerprint density at radius 2 is 1.93 bits per heavy atom. The first kappa shape index (κ1) is 24.9. The molecule has 28 heavy (non-hydrogen) atoms. The first-order valence-electron chi connectivity index (χ1n) is 10.1. The number of anilines is 1. The monoisotopic (exact) mass is 431 g/mol. The van der Waals surface area contributed by atoms with Crippen LogP contribution >= 0.6 is 24.8 Å². The van der Waals surface area contributed by atoms with Crippen LogP contribution in [-0.2, 0) is 11.2 Å². The van der Waals surface area contributed by atoms with E-state index in [9.17, 15) is 4.79 Å². The highest BCUT2D eigenvalue weighted by Crippen LogP contribution is 2.68. The van der Waals surface area contributed by atoms with E-state index in [0.717, 1.165) is 69.0 Å². The van der Waals surface area contributed by atoms with E-state index in [4.69, 9.17) is 0 Å². The van der Waals surface area contributed by atoms with Crippen LogP contribution in [0.3, 0.4) is 0 Å². The topological polar surface area (TPSA) is 78.9 Å². The van der Waals surface area contributed by atoms with Crippen molar-refractivity contribution in [3.8, 4) is 0 Å². The van der Waals surface area contributed by atoms with E-state index in [2.05, 4.69) is 39.8 Å². The Kier molecular flexibility index (Phi) is 9.44. The van der Waals surface area contributed by atoms with Gasteiger partial charge < -0.3 is 16.0 Å². The van der Waals surface area contributed by atoms with Gasteiger partial charge in [0.25, 0.3) is 0 Å². The molecule has 6 nitrogen and oxygen atoms in total. The van der Waals surface area contributed by atoms with Gasteiger partial charge >= 0.3 is 0 Å². The van der Waals surface area contributed by atoms with Crippen LogP contribution in [0.4, 0.5) is 5.82 Å². The van der Waals surface area contributed by atoms with Gasteiger partial charge in [0.1, 0.15) is 11.6 Å². The zero-order chi connectivity index (χ0) is 18.6. The van der Waals surface area contributed by atoms with Crippen LogP contribution in [0.5, 0.6) is 0 Å². The molecule has 8 heteroatoms. The van der Waals surface area contributed by atoms with Gasteiger partial charge in [0.2, 0.25) is 5.91 Å². The number of nitrogens with zero attached hydrogens (tertiary/aromatic N) is 2. The fourth-order valence-electron chi connectivity index (χ4n) is 4.32. The maximum Gasteiger partial charge on any atom is 0.226 e. The quantitative estimate of drug-likeness (QED) is 0.550. The summed E-state index contributed by atoms with van der Waals surface area (Å²) in [5.41, 5.74) is 1.05. The first-order valence-corrected chi connectivity index (χ1v) is 10.1. The molecule has 0 bridgehead atoms. The second-order valence-electron chi connectivity index (χ2n) is 8.14. The number of nitrogens with one attached hydrogen (secondary N) is 3. The number of unbranched alkanes of at least 4 members (excludes halogenated alkanes) is 1. The van der Waals surface area contributed by atoms with Crippen LogP contribution in [0.15, 0.2) is 6.07 Å². The molecule has 2 fully saturated rings. The summed E-state index contributed by atoms with van der Waals surface area (Å²) in [6, 6.07) is 1.96. The Morgan fingerprint density at radius 3 is 2.61 bits per heavy atom. The number of carbonyl (C=O) groups excluding carboxylic acids is 1. The van der Waals surface area contributed by atoms with Gasteiger partial charge in [-0.25, -0.2) is 9.97 Å². The average Bonchev–Trinajstić information content (AvgIpc) is 3.20. The number of halogens is 2. The standard InChI is InChI=1S/C20H33N5O.2ClH/c1-4-5-6-16-24-15(2)13-17(25-16)22-11-12-23-18(26)19(3)14-20(19)7-9-21-10-8-20;;/h13,21H,4-12,14H2,1-3H3,(H,23,26)(H,22,24,25);2*1H. The van der Waals surface area contributed by atoms with Crippen molar-refractivity contribution in [3.63, 3.8) is 0 Å². The molecule has 2 aliphatic rings. The Balaban J connectivity index is 0.00000196. The molecule has 1 spiro atoms. The Morgan fingerprint density at radius 1 is 1.21 bits per heavy atom. The minimum Gasteiger partial charge on any atom is -0.368 e. The Bertz CT molecular complexity index is 651. The van der Waals surface area contributed by atoms with Crippen LogP contribution in [-0.4, -0.2) is 42.1 Å². The molecular formula is C20H35Cl2N5O. The van der Waals surface area contributed by atoms with Crippen molar-refractivity contribution in [2.24, 2.45) is 10.8 Å². The molecule has 1 aliphatic carbocycles. The van der Waals surface area contributed by atoms with Crippen LogP contribution in [0, 0.1) is 17.8 Å². The van der Waals surface area contributed by atoms with Crippen molar-refractivity contribution < 1.29 is 4.79 Å². The molecule has 1 amide bonds. The summed E-state index contributed by atoms with van der Waals surface area (Å²) in [6.07, 6.45) is 6.44. The van der Waals surface area contributed by atoms with Crippen molar-refractivity contribution in [2.45, 2.75) is 59.3 Å². The van der Waals surface area contributed by atoms with Crippen molar-refractivity contribution in [2.75, 3.05) is 31.5 Å². The molecular weight excluding hydrogens is 397 g/mol. The molecule has 1 aromatic heterocycles. The minimum absolute atomic E-state index is 0. The number of hydrogen-bond acceptors (Lipinski definition) is 5. The van der Waals surface area contributed by atoms with Gasteiger partial charge in [0.15, 0.2) is 0 Å². The molecule has 3 N–H and O–H groups in total. The maximum absolute atomic E-state index is 12.7. The minimum atomic E-state index is -0.173. The highest BCUT2D eigenvalue weighted by atomic mass is 35.5. The van der Waals surface area contributed by atoms with Crippen LogP contribution < -0.4 is 16.0 Å². The second kappa shape index (κ2) is 10.6. The lowest BCUT2D eigenvalue weighted by Gasteiger charge is -2.27. The average molecular weight is 432 g/mol. The van der Waals surface area contributed by atoms with Crippen molar-refractivity contribution in [1.29, 1.82) is 0 Å². The molecule has 0 aromatic carbocycles. The molecule has 1 aromatic rings. The van der Waals surface area contributed by atoms with Crippen molar-refractivity contribution in [3.05, 3.63) is 17.6 Å². The summed E-state index contributed by atoms with van der Waals surface area (Å²) in [7, 11) is 0. The van der Waals surface area contributed by atoms with E-state index < -0.39 is 0 Å². The Labute approximate surface area is 181 Å². The lowest BCUT2D eigenvalue weighted by atomic mass is 9.85. The second-order valence-corrected chi connectivity index (χ2v) is 8.14. The molecule has 1 saturated heterocycles. The zero-order valence-corrected chi connectivity index (χ0v) is 18.9. The molecule has 160 valence electrons.